The van der Waals surface area contributed by atoms with Crippen LogP contribution in [0.2, 0.25) is 5.02 Å². The van der Waals surface area contributed by atoms with Crippen molar-refractivity contribution in [3.05, 3.63) is 55.1 Å². The van der Waals surface area contributed by atoms with Crippen molar-refractivity contribution in [1.29, 1.82) is 0 Å². The highest BCUT2D eigenvalue weighted by atomic mass is 79.9. The molecule has 17 heavy (non-hydrogen) atoms. The molecular weight excluding hydrogens is 318 g/mol. The molecule has 0 bridgehead atoms. The van der Waals surface area contributed by atoms with Crippen LogP contribution in [0.3, 0.4) is 0 Å². The molecule has 4 heteroatoms. The van der Waals surface area contributed by atoms with Gasteiger partial charge in [-0.3, -0.25) is 0 Å². The molecule has 0 radical (unpaired) electrons. The van der Waals surface area contributed by atoms with E-state index in [9.17, 15) is 0 Å². The molecule has 0 spiro atoms. The Morgan fingerprint density at radius 2 is 2.00 bits per heavy atom. The first-order chi connectivity index (χ1) is 8.16. The third kappa shape index (κ3) is 3.55. The van der Waals surface area contributed by atoms with Gasteiger partial charge in [-0.2, -0.15) is 11.3 Å². The lowest BCUT2D eigenvalue weighted by Gasteiger charge is -2.07. The highest BCUT2D eigenvalue weighted by molar-refractivity contribution is 9.10. The van der Waals surface area contributed by atoms with E-state index < -0.39 is 0 Å². The smallest absolute Gasteiger partial charge is 0.0451 e. The van der Waals surface area contributed by atoms with E-state index in [1.54, 1.807) is 11.3 Å². The maximum atomic E-state index is 6.13. The van der Waals surface area contributed by atoms with Crippen molar-refractivity contribution in [2.24, 2.45) is 0 Å². The summed E-state index contributed by atoms with van der Waals surface area (Å²) in [4.78, 5) is 0. The minimum atomic E-state index is 0.785. The summed E-state index contributed by atoms with van der Waals surface area (Å²) < 4.78 is 1.06. The van der Waals surface area contributed by atoms with E-state index in [0.717, 1.165) is 28.1 Å². The molecule has 0 aliphatic rings. The predicted molar refractivity (Wildman–Crippen MR) is 78.8 cm³/mol. The van der Waals surface area contributed by atoms with E-state index in [2.05, 4.69) is 45.0 Å². The number of hydrogen-bond acceptors (Lipinski definition) is 2. The summed E-state index contributed by atoms with van der Waals surface area (Å²) in [5.74, 6) is 0. The predicted octanol–water partition coefficient (Wildman–Crippen LogP) is 4.76. The number of aryl methyl sites for hydroxylation is 1. The maximum absolute atomic E-state index is 6.13. The standard InChI is InChI=1S/C13H13BrClNS/c1-9-7-17-8-11(9)6-16-5-10-4-12(14)2-3-13(10)15/h2-4,7-8,16H,5-6H2,1H3. The Kier molecular flexibility index (Phi) is 4.62. The zero-order chi connectivity index (χ0) is 12.3. The maximum Gasteiger partial charge on any atom is 0.0451 e. The molecule has 0 amide bonds. The lowest BCUT2D eigenvalue weighted by atomic mass is 10.2. The van der Waals surface area contributed by atoms with Crippen molar-refractivity contribution in [2.45, 2.75) is 20.0 Å². The van der Waals surface area contributed by atoms with Gasteiger partial charge in [0.25, 0.3) is 0 Å². The number of rotatable bonds is 4. The van der Waals surface area contributed by atoms with Gasteiger partial charge in [0, 0.05) is 22.6 Å². The summed E-state index contributed by atoms with van der Waals surface area (Å²) in [5.41, 5.74) is 3.83. The van der Waals surface area contributed by atoms with Gasteiger partial charge in [-0.1, -0.05) is 27.5 Å². The van der Waals surface area contributed by atoms with Crippen molar-refractivity contribution in [3.8, 4) is 0 Å². The Morgan fingerprint density at radius 3 is 2.71 bits per heavy atom. The van der Waals surface area contributed by atoms with Gasteiger partial charge in [-0.15, -0.1) is 0 Å². The second-order valence-electron chi connectivity index (χ2n) is 3.92. The van der Waals surface area contributed by atoms with Gasteiger partial charge in [0.2, 0.25) is 0 Å². The molecule has 0 aliphatic carbocycles. The lowest BCUT2D eigenvalue weighted by Crippen LogP contribution is -2.13. The van der Waals surface area contributed by atoms with Crippen molar-refractivity contribution >= 4 is 38.9 Å². The van der Waals surface area contributed by atoms with Gasteiger partial charge in [-0.05, 0) is 52.6 Å². The minimum Gasteiger partial charge on any atom is -0.309 e. The molecule has 0 atom stereocenters. The fraction of sp³-hybridized carbons (Fsp3) is 0.231. The van der Waals surface area contributed by atoms with Crippen LogP contribution < -0.4 is 5.32 Å². The average Bonchev–Trinajstić information content (AvgIpc) is 2.70. The van der Waals surface area contributed by atoms with E-state index in [0.29, 0.717) is 0 Å². The van der Waals surface area contributed by atoms with Gasteiger partial charge < -0.3 is 5.32 Å². The SMILES string of the molecule is Cc1cscc1CNCc1cc(Br)ccc1Cl. The van der Waals surface area contributed by atoms with Crippen LogP contribution in [-0.2, 0) is 13.1 Å². The molecule has 1 nitrogen and oxygen atoms in total. The molecule has 0 aliphatic heterocycles. The fourth-order valence-corrected chi connectivity index (χ4v) is 3.03. The van der Waals surface area contributed by atoms with Crippen LogP contribution >= 0.6 is 38.9 Å². The first-order valence-electron chi connectivity index (χ1n) is 5.33. The third-order valence-corrected chi connectivity index (χ3v) is 4.37. The topological polar surface area (TPSA) is 12.0 Å². The largest absolute Gasteiger partial charge is 0.309 e. The highest BCUT2D eigenvalue weighted by Gasteiger charge is 2.02. The number of hydrogen-bond donors (Lipinski definition) is 1. The Labute approximate surface area is 119 Å². The summed E-state index contributed by atoms with van der Waals surface area (Å²) in [6, 6.07) is 5.92. The number of halogens is 2. The van der Waals surface area contributed by atoms with Crippen LogP contribution in [0.4, 0.5) is 0 Å². The van der Waals surface area contributed by atoms with Crippen LogP contribution in [-0.4, -0.2) is 0 Å². The number of benzene rings is 1. The molecular formula is C13H13BrClNS. The summed E-state index contributed by atoms with van der Waals surface area (Å²) in [5, 5.41) is 8.58. The first-order valence-corrected chi connectivity index (χ1v) is 7.44. The van der Waals surface area contributed by atoms with E-state index in [-0.39, 0.29) is 0 Å². The second-order valence-corrected chi connectivity index (χ2v) is 5.99. The van der Waals surface area contributed by atoms with Crippen LogP contribution in [0.15, 0.2) is 33.4 Å². The summed E-state index contributed by atoms with van der Waals surface area (Å²) >= 11 is 11.3. The summed E-state index contributed by atoms with van der Waals surface area (Å²) in [6.07, 6.45) is 0. The molecule has 90 valence electrons. The second kappa shape index (κ2) is 6.01. The highest BCUT2D eigenvalue weighted by Crippen LogP contribution is 2.21. The molecule has 1 N–H and O–H groups in total. The lowest BCUT2D eigenvalue weighted by molar-refractivity contribution is 0.692. The Hall–Kier alpha value is -0.350. The van der Waals surface area contributed by atoms with Crippen LogP contribution in [0.1, 0.15) is 16.7 Å². The van der Waals surface area contributed by atoms with Gasteiger partial charge in [-0.25, -0.2) is 0 Å². The van der Waals surface area contributed by atoms with Gasteiger partial charge in [0.05, 0.1) is 0 Å². The molecule has 1 aromatic heterocycles. The van der Waals surface area contributed by atoms with Crippen molar-refractivity contribution in [3.63, 3.8) is 0 Å². The van der Waals surface area contributed by atoms with E-state index in [4.69, 9.17) is 11.6 Å². The molecule has 1 heterocycles. The molecule has 2 aromatic rings. The van der Waals surface area contributed by atoms with Gasteiger partial charge in [0.1, 0.15) is 0 Å². The molecule has 0 fully saturated rings. The van der Waals surface area contributed by atoms with Crippen LogP contribution in [0.25, 0.3) is 0 Å². The first kappa shape index (κ1) is 13.1. The van der Waals surface area contributed by atoms with E-state index in [1.807, 2.05) is 12.1 Å². The van der Waals surface area contributed by atoms with Crippen molar-refractivity contribution in [1.82, 2.24) is 5.32 Å². The molecule has 0 unspecified atom stereocenters. The van der Waals surface area contributed by atoms with Crippen LogP contribution in [0.5, 0.6) is 0 Å². The Morgan fingerprint density at radius 1 is 1.24 bits per heavy atom. The zero-order valence-corrected chi connectivity index (χ0v) is 12.6. The fourth-order valence-electron chi connectivity index (χ4n) is 1.58. The quantitative estimate of drug-likeness (QED) is 0.852. The van der Waals surface area contributed by atoms with Crippen molar-refractivity contribution in [2.75, 3.05) is 0 Å². The molecule has 0 saturated carbocycles. The van der Waals surface area contributed by atoms with Crippen molar-refractivity contribution < 1.29 is 0 Å². The monoisotopic (exact) mass is 329 g/mol. The third-order valence-electron chi connectivity index (χ3n) is 2.60. The Bertz CT molecular complexity index is 510. The summed E-state index contributed by atoms with van der Waals surface area (Å²) in [7, 11) is 0. The summed E-state index contributed by atoms with van der Waals surface area (Å²) in [6.45, 7) is 3.81. The Balaban J connectivity index is 1.94. The molecule has 1 aromatic carbocycles. The van der Waals surface area contributed by atoms with Crippen LogP contribution in [0, 0.1) is 6.92 Å². The zero-order valence-electron chi connectivity index (χ0n) is 9.47. The molecule has 0 saturated heterocycles. The number of thiophene rings is 1. The van der Waals surface area contributed by atoms with Gasteiger partial charge in [0.15, 0.2) is 0 Å². The average molecular weight is 331 g/mol. The van der Waals surface area contributed by atoms with Gasteiger partial charge >= 0.3 is 0 Å². The normalized spacial score (nSPS) is 10.8. The van der Waals surface area contributed by atoms with E-state index >= 15 is 0 Å². The minimum absolute atomic E-state index is 0.785. The molecule has 2 rings (SSSR count). The number of nitrogens with one attached hydrogen (secondary N) is 1. The van der Waals surface area contributed by atoms with E-state index in [1.165, 1.54) is 11.1 Å².